The number of methoxy groups -OCH3 is 1. The van der Waals surface area contributed by atoms with Crippen molar-refractivity contribution in [2.45, 2.75) is 39.0 Å². The molecule has 1 aromatic carbocycles. The first kappa shape index (κ1) is 18.6. The van der Waals surface area contributed by atoms with Gasteiger partial charge in [0.2, 0.25) is 5.91 Å². The SMILES string of the molecule is CCC1CCc2c(sc(NC(=O)Cc3ccc(F)cc3)c2C(=O)OC)C1. The maximum absolute atomic E-state index is 13.0. The molecule has 1 N–H and O–H groups in total. The third-order valence-corrected chi connectivity index (χ3v) is 6.03. The van der Waals surface area contributed by atoms with E-state index in [0.29, 0.717) is 16.5 Å². The van der Waals surface area contributed by atoms with Gasteiger partial charge in [0.25, 0.3) is 0 Å². The van der Waals surface area contributed by atoms with Gasteiger partial charge < -0.3 is 10.1 Å². The fourth-order valence-electron chi connectivity index (χ4n) is 3.37. The van der Waals surface area contributed by atoms with Gasteiger partial charge in [-0.1, -0.05) is 25.5 Å². The number of carbonyl (C=O) groups is 2. The van der Waals surface area contributed by atoms with E-state index in [1.807, 2.05) is 0 Å². The lowest BCUT2D eigenvalue weighted by atomic mass is 9.85. The van der Waals surface area contributed by atoms with Crippen LogP contribution in [0.5, 0.6) is 0 Å². The lowest BCUT2D eigenvalue weighted by Crippen LogP contribution is -2.17. The summed E-state index contributed by atoms with van der Waals surface area (Å²) in [5.74, 6) is -0.352. The molecule has 1 amide bonds. The van der Waals surface area contributed by atoms with Crippen LogP contribution in [0.25, 0.3) is 0 Å². The van der Waals surface area contributed by atoms with Crippen molar-refractivity contribution in [2.75, 3.05) is 12.4 Å². The Hall–Kier alpha value is -2.21. The number of thiophene rings is 1. The number of amides is 1. The van der Waals surface area contributed by atoms with E-state index in [9.17, 15) is 14.0 Å². The summed E-state index contributed by atoms with van der Waals surface area (Å²) in [6.07, 6.45) is 4.06. The van der Waals surface area contributed by atoms with Gasteiger partial charge in [0.1, 0.15) is 10.8 Å². The largest absolute Gasteiger partial charge is 0.465 e. The summed E-state index contributed by atoms with van der Waals surface area (Å²) in [6.45, 7) is 2.18. The summed E-state index contributed by atoms with van der Waals surface area (Å²) in [7, 11) is 1.36. The Morgan fingerprint density at radius 3 is 2.69 bits per heavy atom. The van der Waals surface area contributed by atoms with E-state index < -0.39 is 5.97 Å². The van der Waals surface area contributed by atoms with Crippen LogP contribution in [0.15, 0.2) is 24.3 Å². The minimum Gasteiger partial charge on any atom is -0.465 e. The van der Waals surface area contributed by atoms with Gasteiger partial charge in [0, 0.05) is 4.88 Å². The van der Waals surface area contributed by atoms with Crippen molar-refractivity contribution in [2.24, 2.45) is 5.92 Å². The Bertz CT molecular complexity index is 813. The molecule has 0 fully saturated rings. The minimum absolute atomic E-state index is 0.126. The summed E-state index contributed by atoms with van der Waals surface area (Å²) < 4.78 is 17.9. The number of carbonyl (C=O) groups excluding carboxylic acids is 2. The molecule has 4 nitrogen and oxygen atoms in total. The van der Waals surface area contributed by atoms with Gasteiger partial charge in [-0.3, -0.25) is 4.79 Å². The minimum atomic E-state index is -0.408. The number of rotatable bonds is 5. The Labute approximate surface area is 156 Å². The van der Waals surface area contributed by atoms with Crippen LogP contribution in [0.3, 0.4) is 0 Å². The monoisotopic (exact) mass is 375 g/mol. The zero-order chi connectivity index (χ0) is 18.7. The third-order valence-electron chi connectivity index (χ3n) is 4.87. The van der Waals surface area contributed by atoms with Crippen molar-refractivity contribution in [1.29, 1.82) is 0 Å². The van der Waals surface area contributed by atoms with E-state index in [4.69, 9.17) is 4.74 Å². The number of esters is 1. The smallest absolute Gasteiger partial charge is 0.341 e. The quantitative estimate of drug-likeness (QED) is 0.790. The van der Waals surface area contributed by atoms with Crippen LogP contribution >= 0.6 is 11.3 Å². The van der Waals surface area contributed by atoms with Crippen LogP contribution < -0.4 is 5.32 Å². The fraction of sp³-hybridized carbons (Fsp3) is 0.400. The molecular formula is C20H22FNO3S. The molecule has 0 saturated heterocycles. The molecule has 6 heteroatoms. The molecule has 1 aliphatic carbocycles. The van der Waals surface area contributed by atoms with Crippen molar-refractivity contribution in [3.05, 3.63) is 51.7 Å². The van der Waals surface area contributed by atoms with E-state index in [-0.39, 0.29) is 18.1 Å². The summed E-state index contributed by atoms with van der Waals surface area (Å²) in [6, 6.07) is 5.83. The number of benzene rings is 1. The molecule has 1 heterocycles. The predicted molar refractivity (Wildman–Crippen MR) is 100 cm³/mol. The molecule has 0 radical (unpaired) electrons. The second kappa shape index (κ2) is 7.99. The number of hydrogen-bond donors (Lipinski definition) is 1. The Morgan fingerprint density at radius 2 is 2.04 bits per heavy atom. The van der Waals surface area contributed by atoms with Crippen LogP contribution in [0.1, 0.15) is 46.1 Å². The normalized spacial score (nSPS) is 16.0. The molecule has 0 bridgehead atoms. The maximum Gasteiger partial charge on any atom is 0.341 e. The number of anilines is 1. The number of ether oxygens (including phenoxy) is 1. The molecular weight excluding hydrogens is 353 g/mol. The van der Waals surface area contributed by atoms with E-state index in [1.54, 1.807) is 12.1 Å². The van der Waals surface area contributed by atoms with Crippen molar-refractivity contribution in [3.8, 4) is 0 Å². The van der Waals surface area contributed by atoms with E-state index in [1.165, 1.54) is 35.5 Å². The number of halogens is 1. The Kier molecular flexibility index (Phi) is 5.71. The molecule has 1 aliphatic rings. The van der Waals surface area contributed by atoms with E-state index >= 15 is 0 Å². The van der Waals surface area contributed by atoms with Crippen LogP contribution in [-0.4, -0.2) is 19.0 Å². The number of hydrogen-bond acceptors (Lipinski definition) is 4. The summed E-state index contributed by atoms with van der Waals surface area (Å²) in [4.78, 5) is 25.9. The molecule has 0 aliphatic heterocycles. The van der Waals surface area contributed by atoms with Gasteiger partial charge in [0.15, 0.2) is 0 Å². The van der Waals surface area contributed by atoms with Crippen molar-refractivity contribution >= 4 is 28.2 Å². The summed E-state index contributed by atoms with van der Waals surface area (Å²) in [5, 5.41) is 3.42. The van der Waals surface area contributed by atoms with Crippen LogP contribution in [-0.2, 0) is 28.8 Å². The van der Waals surface area contributed by atoms with Crippen LogP contribution in [0.4, 0.5) is 9.39 Å². The summed E-state index contributed by atoms with van der Waals surface area (Å²) in [5.41, 5.74) is 2.23. The molecule has 1 aromatic heterocycles. The van der Waals surface area contributed by atoms with Crippen molar-refractivity contribution in [3.63, 3.8) is 0 Å². The van der Waals surface area contributed by atoms with E-state index in [2.05, 4.69) is 12.2 Å². The molecule has 3 rings (SSSR count). The second-order valence-electron chi connectivity index (χ2n) is 6.57. The molecule has 1 unspecified atom stereocenters. The number of nitrogens with one attached hydrogen (secondary N) is 1. The average Bonchev–Trinajstić information content (AvgIpc) is 2.99. The topological polar surface area (TPSA) is 55.4 Å². The highest BCUT2D eigenvalue weighted by Gasteiger charge is 2.29. The Balaban J connectivity index is 1.82. The molecule has 138 valence electrons. The highest BCUT2D eigenvalue weighted by Crippen LogP contribution is 2.40. The van der Waals surface area contributed by atoms with Gasteiger partial charge in [-0.25, -0.2) is 9.18 Å². The molecule has 1 atom stereocenters. The molecule has 26 heavy (non-hydrogen) atoms. The third kappa shape index (κ3) is 3.96. The average molecular weight is 375 g/mol. The first-order valence-corrected chi connectivity index (χ1v) is 9.60. The fourth-order valence-corrected chi connectivity index (χ4v) is 4.73. The highest BCUT2D eigenvalue weighted by molar-refractivity contribution is 7.17. The first-order valence-electron chi connectivity index (χ1n) is 8.79. The first-order chi connectivity index (χ1) is 12.5. The zero-order valence-electron chi connectivity index (χ0n) is 14.9. The summed E-state index contributed by atoms with van der Waals surface area (Å²) >= 11 is 1.47. The molecule has 0 saturated carbocycles. The van der Waals surface area contributed by atoms with E-state index in [0.717, 1.165) is 36.8 Å². The van der Waals surface area contributed by atoms with Crippen molar-refractivity contribution in [1.82, 2.24) is 0 Å². The molecule has 2 aromatic rings. The predicted octanol–water partition coefficient (Wildman–Crippen LogP) is 4.37. The van der Waals surface area contributed by atoms with Crippen molar-refractivity contribution < 1.29 is 18.7 Å². The maximum atomic E-state index is 13.0. The van der Waals surface area contributed by atoms with Gasteiger partial charge in [0.05, 0.1) is 19.1 Å². The van der Waals surface area contributed by atoms with Crippen LogP contribution in [0.2, 0.25) is 0 Å². The standard InChI is InChI=1S/C20H22FNO3S/c1-3-12-6-9-15-16(10-12)26-19(18(15)20(24)25-2)22-17(23)11-13-4-7-14(21)8-5-13/h4-5,7-8,12H,3,6,9-11H2,1-2H3,(H,22,23). The van der Waals surface area contributed by atoms with Gasteiger partial charge in [-0.15, -0.1) is 11.3 Å². The zero-order valence-corrected chi connectivity index (χ0v) is 15.7. The van der Waals surface area contributed by atoms with Gasteiger partial charge in [-0.2, -0.15) is 0 Å². The Morgan fingerprint density at radius 1 is 1.31 bits per heavy atom. The van der Waals surface area contributed by atoms with Gasteiger partial charge >= 0.3 is 5.97 Å². The lowest BCUT2D eigenvalue weighted by molar-refractivity contribution is -0.115. The second-order valence-corrected chi connectivity index (χ2v) is 7.67. The van der Waals surface area contributed by atoms with Crippen LogP contribution in [0, 0.1) is 11.7 Å². The lowest BCUT2D eigenvalue weighted by Gasteiger charge is -2.20. The van der Waals surface area contributed by atoms with Gasteiger partial charge in [-0.05, 0) is 48.4 Å². The highest BCUT2D eigenvalue weighted by atomic mass is 32.1. The molecule has 0 spiro atoms. The number of fused-ring (bicyclic) bond motifs is 1.